The van der Waals surface area contributed by atoms with Gasteiger partial charge < -0.3 is 4.90 Å². The normalized spacial score (nSPS) is 10.6. The molecule has 7 nitrogen and oxygen atoms in total. The van der Waals surface area contributed by atoms with Crippen molar-refractivity contribution < 1.29 is 9.59 Å². The Balaban J connectivity index is 1.53. The van der Waals surface area contributed by atoms with E-state index in [1.807, 2.05) is 85.3 Å². The van der Waals surface area contributed by atoms with E-state index in [2.05, 4.69) is 16.4 Å². The predicted molar refractivity (Wildman–Crippen MR) is 139 cm³/mol. The lowest BCUT2D eigenvalue weighted by atomic mass is 10.1. The molecule has 0 aliphatic rings. The number of carbonyl (C=O) groups excluding carboxylic acids is 2. The molecule has 36 heavy (non-hydrogen) atoms. The lowest BCUT2D eigenvalue weighted by Gasteiger charge is -2.26. The molecular formula is C29H27N5O2. The Morgan fingerprint density at radius 1 is 0.972 bits per heavy atom. The third-order valence-corrected chi connectivity index (χ3v) is 5.76. The van der Waals surface area contributed by atoms with Gasteiger partial charge in [0, 0.05) is 23.5 Å². The number of hydrogen-bond donors (Lipinski definition) is 1. The Labute approximate surface area is 210 Å². The van der Waals surface area contributed by atoms with Gasteiger partial charge in [-0.15, -0.1) is 0 Å². The molecule has 0 radical (unpaired) electrons. The molecule has 180 valence electrons. The van der Waals surface area contributed by atoms with Gasteiger partial charge in [-0.05, 0) is 43.7 Å². The van der Waals surface area contributed by atoms with Gasteiger partial charge in [0.1, 0.15) is 6.54 Å². The van der Waals surface area contributed by atoms with E-state index in [9.17, 15) is 9.59 Å². The van der Waals surface area contributed by atoms with Crippen LogP contribution in [0.5, 0.6) is 0 Å². The Morgan fingerprint density at radius 3 is 2.22 bits per heavy atom. The second-order valence-electron chi connectivity index (χ2n) is 8.67. The molecule has 3 aromatic carbocycles. The molecular weight excluding hydrogens is 450 g/mol. The molecule has 1 aromatic heterocycles. The number of nitriles is 1. The van der Waals surface area contributed by atoms with Crippen LogP contribution in [-0.2, 0) is 16.0 Å². The summed E-state index contributed by atoms with van der Waals surface area (Å²) < 4.78 is 1.83. The molecule has 4 rings (SSSR count). The van der Waals surface area contributed by atoms with Crippen molar-refractivity contribution in [2.24, 2.45) is 0 Å². The van der Waals surface area contributed by atoms with Crippen molar-refractivity contribution >= 4 is 17.8 Å². The number of nitrogens with zero attached hydrogens (tertiary/aromatic N) is 4. The molecule has 0 atom stereocenters. The molecule has 2 amide bonds. The van der Waals surface area contributed by atoms with E-state index < -0.39 is 0 Å². The van der Waals surface area contributed by atoms with Crippen LogP contribution >= 0.6 is 0 Å². The van der Waals surface area contributed by atoms with Gasteiger partial charge >= 0.3 is 0 Å². The van der Waals surface area contributed by atoms with E-state index in [4.69, 9.17) is 5.26 Å². The zero-order chi connectivity index (χ0) is 25.5. The topological polar surface area (TPSA) is 91.0 Å². The first kappa shape index (κ1) is 24.4. The van der Waals surface area contributed by atoms with Crippen molar-refractivity contribution in [3.8, 4) is 23.0 Å². The van der Waals surface area contributed by atoms with Crippen LogP contribution in [0.15, 0.2) is 91.1 Å². The summed E-state index contributed by atoms with van der Waals surface area (Å²) in [5.41, 5.74) is 3.85. The molecule has 0 saturated heterocycles. The zero-order valence-electron chi connectivity index (χ0n) is 20.3. The first-order chi connectivity index (χ1) is 17.4. The summed E-state index contributed by atoms with van der Waals surface area (Å²) in [6.07, 6.45) is 2.03. The number of nitrogens with one attached hydrogen (secondary N) is 1. The molecule has 0 bridgehead atoms. The maximum atomic E-state index is 13.1. The molecule has 0 saturated carbocycles. The van der Waals surface area contributed by atoms with E-state index in [-0.39, 0.29) is 30.8 Å². The highest BCUT2D eigenvalue weighted by Gasteiger charge is 2.22. The minimum atomic E-state index is -0.334. The van der Waals surface area contributed by atoms with E-state index in [0.29, 0.717) is 11.5 Å². The molecule has 7 heteroatoms. The highest BCUT2D eigenvalue weighted by Crippen LogP contribution is 2.24. The number of aromatic nitrogens is 2. The van der Waals surface area contributed by atoms with Gasteiger partial charge in [0.2, 0.25) is 17.8 Å². The average molecular weight is 478 g/mol. The Kier molecular flexibility index (Phi) is 7.57. The number of anilines is 1. The van der Waals surface area contributed by atoms with Gasteiger partial charge in [-0.2, -0.15) is 5.26 Å². The van der Waals surface area contributed by atoms with Crippen molar-refractivity contribution in [1.29, 1.82) is 5.26 Å². The molecule has 1 N–H and O–H groups in total. The van der Waals surface area contributed by atoms with Gasteiger partial charge in [-0.3, -0.25) is 19.5 Å². The van der Waals surface area contributed by atoms with Gasteiger partial charge in [0.05, 0.1) is 23.7 Å². The fourth-order valence-corrected chi connectivity index (χ4v) is 3.85. The van der Waals surface area contributed by atoms with E-state index in [1.165, 1.54) is 0 Å². The molecule has 0 fully saturated rings. The van der Waals surface area contributed by atoms with Gasteiger partial charge in [-0.25, -0.2) is 4.98 Å². The third kappa shape index (κ3) is 5.86. The van der Waals surface area contributed by atoms with Crippen LogP contribution in [0.2, 0.25) is 0 Å². The van der Waals surface area contributed by atoms with Crippen LogP contribution in [0.1, 0.15) is 25.0 Å². The number of amides is 2. The molecule has 0 spiro atoms. The summed E-state index contributed by atoms with van der Waals surface area (Å²) in [7, 11) is 0. The first-order valence-electron chi connectivity index (χ1n) is 11.7. The number of hydrogen-bond acceptors (Lipinski definition) is 4. The number of benzene rings is 3. The van der Waals surface area contributed by atoms with E-state index in [0.717, 1.165) is 22.5 Å². The highest BCUT2D eigenvalue weighted by molar-refractivity contribution is 5.94. The summed E-state index contributed by atoms with van der Waals surface area (Å²) in [6.45, 7) is 3.65. The molecule has 0 aliphatic carbocycles. The van der Waals surface area contributed by atoms with Crippen molar-refractivity contribution in [3.05, 3.63) is 102 Å². The Morgan fingerprint density at radius 2 is 1.61 bits per heavy atom. The standard InChI is InChI=1S/C29H27N5O2/c1-21(2)33(28(36)17-22-13-15-23(18-30)16-14-22)20-27(35)32-29-31-26(24-9-5-3-6-10-24)19-34(29)25-11-7-4-8-12-25/h3-16,19,21H,17,20H2,1-2H3,(H,31,32,35). The largest absolute Gasteiger partial charge is 0.331 e. The van der Waals surface area contributed by atoms with Crippen molar-refractivity contribution in [2.45, 2.75) is 26.3 Å². The van der Waals surface area contributed by atoms with Crippen LogP contribution in [0.4, 0.5) is 5.95 Å². The fourth-order valence-electron chi connectivity index (χ4n) is 3.85. The quantitative estimate of drug-likeness (QED) is 0.394. The minimum absolute atomic E-state index is 0.102. The number of imidazole rings is 1. The smallest absolute Gasteiger partial charge is 0.246 e. The second kappa shape index (κ2) is 11.2. The summed E-state index contributed by atoms with van der Waals surface area (Å²) in [4.78, 5) is 32.4. The molecule has 0 unspecified atom stereocenters. The van der Waals surface area contributed by atoms with Crippen molar-refractivity contribution in [1.82, 2.24) is 14.5 Å². The van der Waals surface area contributed by atoms with Crippen LogP contribution in [0.3, 0.4) is 0 Å². The van der Waals surface area contributed by atoms with Crippen LogP contribution in [0, 0.1) is 11.3 Å². The highest BCUT2D eigenvalue weighted by atomic mass is 16.2. The van der Waals surface area contributed by atoms with Crippen molar-refractivity contribution in [2.75, 3.05) is 11.9 Å². The lowest BCUT2D eigenvalue weighted by Crippen LogP contribution is -2.43. The molecule has 1 heterocycles. The van der Waals surface area contributed by atoms with Crippen LogP contribution < -0.4 is 5.32 Å². The maximum absolute atomic E-state index is 13.1. The molecule has 4 aromatic rings. The zero-order valence-corrected chi connectivity index (χ0v) is 20.3. The number of rotatable bonds is 8. The molecule has 0 aliphatic heterocycles. The van der Waals surface area contributed by atoms with Crippen LogP contribution in [-0.4, -0.2) is 38.9 Å². The minimum Gasteiger partial charge on any atom is -0.331 e. The number of para-hydroxylation sites is 1. The predicted octanol–water partition coefficient (Wildman–Crippen LogP) is 4.83. The van der Waals surface area contributed by atoms with Crippen LogP contribution in [0.25, 0.3) is 16.9 Å². The summed E-state index contributed by atoms with van der Waals surface area (Å²) in [5.74, 6) is -0.117. The fraction of sp³-hybridized carbons (Fsp3) is 0.172. The average Bonchev–Trinajstić information content (AvgIpc) is 3.32. The first-order valence-corrected chi connectivity index (χ1v) is 11.7. The monoisotopic (exact) mass is 477 g/mol. The lowest BCUT2D eigenvalue weighted by molar-refractivity contribution is -0.135. The van der Waals surface area contributed by atoms with Gasteiger partial charge in [0.15, 0.2) is 0 Å². The summed E-state index contributed by atoms with van der Waals surface area (Å²) in [5, 5.41) is 11.9. The van der Waals surface area contributed by atoms with Gasteiger partial charge in [-0.1, -0.05) is 60.7 Å². The summed E-state index contributed by atoms with van der Waals surface area (Å²) in [6, 6.07) is 28.2. The summed E-state index contributed by atoms with van der Waals surface area (Å²) >= 11 is 0. The van der Waals surface area contributed by atoms with E-state index >= 15 is 0 Å². The maximum Gasteiger partial charge on any atom is 0.246 e. The SMILES string of the molecule is CC(C)N(CC(=O)Nc1nc(-c2ccccc2)cn1-c1ccccc1)C(=O)Cc1ccc(C#N)cc1. The Hall–Kier alpha value is -4.70. The number of carbonyl (C=O) groups is 2. The Bertz CT molecular complexity index is 1370. The van der Waals surface area contributed by atoms with E-state index in [1.54, 1.807) is 29.2 Å². The van der Waals surface area contributed by atoms with Gasteiger partial charge in [0.25, 0.3) is 0 Å². The third-order valence-electron chi connectivity index (χ3n) is 5.76. The second-order valence-corrected chi connectivity index (χ2v) is 8.67. The van der Waals surface area contributed by atoms with Crippen molar-refractivity contribution in [3.63, 3.8) is 0 Å².